The van der Waals surface area contributed by atoms with E-state index in [0.29, 0.717) is 25.3 Å². The van der Waals surface area contributed by atoms with E-state index in [4.69, 9.17) is 0 Å². The van der Waals surface area contributed by atoms with E-state index < -0.39 is 6.04 Å². The van der Waals surface area contributed by atoms with Crippen molar-refractivity contribution in [1.29, 1.82) is 0 Å². The number of amides is 2. The lowest BCUT2D eigenvalue weighted by Crippen LogP contribution is -2.52. The second-order valence-electron chi connectivity index (χ2n) is 11.4. The Labute approximate surface area is 263 Å². The normalized spacial score (nSPS) is 13.4. The molecule has 0 saturated carbocycles. The molecule has 8 heteroatoms. The van der Waals surface area contributed by atoms with E-state index in [0.717, 1.165) is 40.1 Å². The summed E-state index contributed by atoms with van der Waals surface area (Å²) in [6.45, 7) is 3.31. The zero-order chi connectivity index (χ0) is 31.2. The topological polar surface area (TPSA) is 84.2 Å². The van der Waals surface area contributed by atoms with Gasteiger partial charge in [0.15, 0.2) is 5.82 Å². The van der Waals surface area contributed by atoms with Gasteiger partial charge >= 0.3 is 0 Å². The van der Waals surface area contributed by atoms with Gasteiger partial charge in [0.05, 0.1) is 11.4 Å². The number of fused-ring (bicyclic) bond motifs is 1. The monoisotopic (exact) mass is 596 g/mol. The Morgan fingerprint density at radius 2 is 1.60 bits per heavy atom. The molecule has 2 amide bonds. The van der Waals surface area contributed by atoms with Gasteiger partial charge in [-0.2, -0.15) is 5.10 Å². The number of carbonyl (C=O) groups excluding carboxylic acids is 2. The number of carbonyl (C=O) groups is 2. The number of hydrogen-bond donors (Lipinski definition) is 0. The van der Waals surface area contributed by atoms with Crippen molar-refractivity contribution in [2.24, 2.45) is 7.05 Å². The van der Waals surface area contributed by atoms with Crippen LogP contribution in [0.1, 0.15) is 33.6 Å². The van der Waals surface area contributed by atoms with Crippen molar-refractivity contribution in [1.82, 2.24) is 29.5 Å². The highest BCUT2D eigenvalue weighted by atomic mass is 16.2. The average molecular weight is 597 g/mol. The van der Waals surface area contributed by atoms with Crippen molar-refractivity contribution in [2.45, 2.75) is 38.9 Å². The van der Waals surface area contributed by atoms with Crippen molar-refractivity contribution >= 4 is 17.9 Å². The maximum Gasteiger partial charge on any atom is 0.247 e. The summed E-state index contributed by atoms with van der Waals surface area (Å²) < 4.78 is 1.74. The SMILES string of the molecule is Cc1cc(/C=C/C(=O)N(Cc2ccc(-c3ncccn3)cc2)[C@@H](Cc2ccccc2)C(=O)N2CCc3ccccc3C2)n(C)n1. The van der Waals surface area contributed by atoms with Crippen LogP contribution in [0.2, 0.25) is 0 Å². The van der Waals surface area contributed by atoms with Gasteiger partial charge in [0.25, 0.3) is 0 Å². The van der Waals surface area contributed by atoms with Crippen LogP contribution in [0, 0.1) is 6.92 Å². The molecule has 0 N–H and O–H groups in total. The third kappa shape index (κ3) is 7.07. The fourth-order valence-corrected chi connectivity index (χ4v) is 5.85. The third-order valence-electron chi connectivity index (χ3n) is 8.22. The molecule has 5 aromatic rings. The fourth-order valence-electron chi connectivity index (χ4n) is 5.85. The smallest absolute Gasteiger partial charge is 0.247 e. The number of rotatable bonds is 9. The molecule has 3 heterocycles. The largest absolute Gasteiger partial charge is 0.336 e. The van der Waals surface area contributed by atoms with Gasteiger partial charge in [-0.3, -0.25) is 14.3 Å². The molecular formula is C37H36N6O2. The molecule has 0 unspecified atom stereocenters. The van der Waals surface area contributed by atoms with Gasteiger partial charge in [-0.15, -0.1) is 0 Å². The van der Waals surface area contributed by atoms with Crippen LogP contribution in [-0.2, 0) is 42.6 Å². The highest BCUT2D eigenvalue weighted by molar-refractivity contribution is 5.95. The number of nitrogens with zero attached hydrogens (tertiary/aromatic N) is 6. The molecule has 3 aromatic carbocycles. The van der Waals surface area contributed by atoms with Crippen LogP contribution in [0.3, 0.4) is 0 Å². The Morgan fingerprint density at radius 1 is 0.889 bits per heavy atom. The first-order valence-corrected chi connectivity index (χ1v) is 15.2. The van der Waals surface area contributed by atoms with Crippen molar-refractivity contribution in [3.05, 3.63) is 143 Å². The Kier molecular flexibility index (Phi) is 8.91. The molecule has 0 saturated heterocycles. The first-order valence-electron chi connectivity index (χ1n) is 15.2. The first-order chi connectivity index (χ1) is 21.9. The Morgan fingerprint density at radius 3 is 2.31 bits per heavy atom. The van der Waals surface area contributed by atoms with Crippen LogP contribution < -0.4 is 0 Å². The van der Waals surface area contributed by atoms with Crippen LogP contribution in [-0.4, -0.2) is 53.9 Å². The minimum Gasteiger partial charge on any atom is -0.336 e. The molecule has 0 spiro atoms. The van der Waals surface area contributed by atoms with E-state index in [1.165, 1.54) is 5.56 Å². The molecule has 6 rings (SSSR count). The van der Waals surface area contributed by atoms with E-state index in [9.17, 15) is 9.59 Å². The van der Waals surface area contributed by atoms with Gasteiger partial charge in [-0.25, -0.2) is 9.97 Å². The maximum absolute atomic E-state index is 14.5. The Hall–Kier alpha value is -5.37. The molecule has 0 aliphatic carbocycles. The molecular weight excluding hydrogens is 560 g/mol. The average Bonchev–Trinajstić information content (AvgIpc) is 3.41. The van der Waals surface area contributed by atoms with Crippen LogP contribution in [0.5, 0.6) is 0 Å². The number of hydrogen-bond acceptors (Lipinski definition) is 5. The van der Waals surface area contributed by atoms with Gasteiger partial charge in [-0.05, 0) is 53.8 Å². The van der Waals surface area contributed by atoms with E-state index in [1.807, 2.05) is 91.7 Å². The van der Waals surface area contributed by atoms with E-state index in [1.54, 1.807) is 40.2 Å². The van der Waals surface area contributed by atoms with Crippen LogP contribution in [0.15, 0.2) is 109 Å². The minimum absolute atomic E-state index is 0.0548. The summed E-state index contributed by atoms with van der Waals surface area (Å²) in [5.41, 5.74) is 6.88. The molecule has 226 valence electrons. The molecule has 2 aromatic heterocycles. The van der Waals surface area contributed by atoms with Gasteiger partial charge in [0.2, 0.25) is 11.8 Å². The summed E-state index contributed by atoms with van der Waals surface area (Å²) in [7, 11) is 1.85. The fraction of sp³-hybridized carbons (Fsp3) is 0.216. The van der Waals surface area contributed by atoms with Crippen LogP contribution in [0.25, 0.3) is 17.5 Å². The van der Waals surface area contributed by atoms with E-state index in [-0.39, 0.29) is 18.4 Å². The predicted octanol–water partition coefficient (Wildman–Crippen LogP) is 5.42. The molecule has 45 heavy (non-hydrogen) atoms. The summed E-state index contributed by atoms with van der Waals surface area (Å²) in [6.07, 6.45) is 7.94. The Balaban J connectivity index is 1.35. The highest BCUT2D eigenvalue weighted by Crippen LogP contribution is 2.24. The summed E-state index contributed by atoms with van der Waals surface area (Å²) in [5.74, 6) is 0.339. The predicted molar refractivity (Wildman–Crippen MR) is 174 cm³/mol. The number of benzene rings is 3. The maximum atomic E-state index is 14.5. The van der Waals surface area contributed by atoms with Crippen molar-refractivity contribution in [3.63, 3.8) is 0 Å². The standard InChI is InChI=1S/C37H36N6O2/c1-27-23-33(41(2)40-27)17-18-35(44)43(25-29-13-15-31(16-14-29)36-38-20-8-21-39-36)34(24-28-9-4-3-5-10-28)37(45)42-22-19-30-11-6-7-12-32(30)26-42/h3-18,20-21,23,34H,19,22,24-26H2,1-2H3/b18-17+/t34-/m0/s1. The lowest BCUT2D eigenvalue weighted by atomic mass is 9.97. The lowest BCUT2D eigenvalue weighted by Gasteiger charge is -2.37. The van der Waals surface area contributed by atoms with Crippen molar-refractivity contribution < 1.29 is 9.59 Å². The lowest BCUT2D eigenvalue weighted by molar-refractivity contribution is -0.144. The van der Waals surface area contributed by atoms with Gasteiger partial charge in [0, 0.05) is 57.1 Å². The zero-order valence-electron chi connectivity index (χ0n) is 25.6. The van der Waals surface area contributed by atoms with Gasteiger partial charge in [-0.1, -0.05) is 78.9 Å². The van der Waals surface area contributed by atoms with Crippen molar-refractivity contribution in [3.8, 4) is 11.4 Å². The zero-order valence-corrected chi connectivity index (χ0v) is 25.6. The highest BCUT2D eigenvalue weighted by Gasteiger charge is 2.34. The van der Waals surface area contributed by atoms with Gasteiger partial charge in [0.1, 0.15) is 6.04 Å². The summed E-state index contributed by atoms with van der Waals surface area (Å²) in [6, 6.07) is 29.0. The summed E-state index contributed by atoms with van der Waals surface area (Å²) in [4.78, 5) is 41.0. The minimum atomic E-state index is -0.708. The van der Waals surface area contributed by atoms with Crippen LogP contribution in [0.4, 0.5) is 0 Å². The summed E-state index contributed by atoms with van der Waals surface area (Å²) in [5, 5.41) is 4.40. The molecule has 1 atom stereocenters. The molecule has 8 nitrogen and oxygen atoms in total. The second kappa shape index (κ2) is 13.5. The molecule has 0 radical (unpaired) electrons. The van der Waals surface area contributed by atoms with Crippen molar-refractivity contribution in [2.75, 3.05) is 6.54 Å². The molecule has 0 bridgehead atoms. The second-order valence-corrected chi connectivity index (χ2v) is 11.4. The Bertz CT molecular complexity index is 1800. The van der Waals surface area contributed by atoms with E-state index in [2.05, 4.69) is 27.2 Å². The van der Waals surface area contributed by atoms with Gasteiger partial charge < -0.3 is 9.80 Å². The summed E-state index contributed by atoms with van der Waals surface area (Å²) >= 11 is 0. The van der Waals surface area contributed by atoms with E-state index >= 15 is 0 Å². The quantitative estimate of drug-likeness (QED) is 0.212. The van der Waals surface area contributed by atoms with Crippen LogP contribution >= 0.6 is 0 Å². The number of aryl methyl sites for hydroxylation is 2. The molecule has 0 fully saturated rings. The third-order valence-corrected chi connectivity index (χ3v) is 8.22. The first kappa shape index (κ1) is 29.7. The molecule has 1 aliphatic heterocycles. The molecule has 1 aliphatic rings. The number of aromatic nitrogens is 4.